The molecule has 2 aliphatic heterocycles. The van der Waals surface area contributed by atoms with E-state index in [1.807, 2.05) is 25.4 Å². The third-order valence-corrected chi connectivity index (χ3v) is 5.75. The molecule has 6 heteroatoms. The summed E-state index contributed by atoms with van der Waals surface area (Å²) >= 11 is 0. The molecule has 1 aromatic heterocycles. The molecule has 2 unspecified atom stereocenters. The molecule has 0 spiro atoms. The van der Waals surface area contributed by atoms with E-state index < -0.39 is 0 Å². The van der Waals surface area contributed by atoms with Crippen LogP contribution in [0.1, 0.15) is 35.2 Å². The first-order valence-electron chi connectivity index (χ1n) is 9.13. The molecule has 1 amide bonds. The molecule has 1 aliphatic carbocycles. The number of carbonyl (C=O) groups excluding carboxylic acids is 1. The van der Waals surface area contributed by atoms with Gasteiger partial charge in [-0.2, -0.15) is 0 Å². The summed E-state index contributed by atoms with van der Waals surface area (Å²) in [6, 6.07) is 8.77. The number of hydrogen-bond donors (Lipinski definition) is 0. The van der Waals surface area contributed by atoms with Crippen LogP contribution in [-0.4, -0.2) is 47.6 Å². The number of aliphatic imine (C=N–C) groups is 1. The average molecular weight is 350 g/mol. The van der Waals surface area contributed by atoms with E-state index in [1.54, 1.807) is 12.0 Å². The number of hydrogen-bond acceptors (Lipinski definition) is 4. The molecule has 5 rings (SSSR count). The molecule has 1 fully saturated rings. The van der Waals surface area contributed by atoms with Gasteiger partial charge in [-0.1, -0.05) is 12.1 Å². The molecule has 0 radical (unpaired) electrons. The van der Waals surface area contributed by atoms with Crippen LogP contribution in [0.3, 0.4) is 0 Å². The van der Waals surface area contributed by atoms with Crippen molar-refractivity contribution in [2.75, 3.05) is 19.1 Å². The second-order valence-corrected chi connectivity index (χ2v) is 7.31. The van der Waals surface area contributed by atoms with Gasteiger partial charge in [0.05, 0.1) is 30.4 Å². The highest BCUT2D eigenvalue weighted by atomic mass is 16.5. The first kappa shape index (κ1) is 15.5. The van der Waals surface area contributed by atoms with Gasteiger partial charge in [0, 0.05) is 26.0 Å². The van der Waals surface area contributed by atoms with Crippen LogP contribution in [0.15, 0.2) is 41.7 Å². The van der Waals surface area contributed by atoms with E-state index in [0.717, 1.165) is 42.3 Å². The van der Waals surface area contributed by atoms with Crippen molar-refractivity contribution in [2.45, 2.75) is 37.9 Å². The molecule has 134 valence electrons. The van der Waals surface area contributed by atoms with Gasteiger partial charge < -0.3 is 14.2 Å². The molecule has 3 aliphatic rings. The first-order chi connectivity index (χ1) is 12.7. The van der Waals surface area contributed by atoms with Crippen LogP contribution in [0, 0.1) is 0 Å². The Kier molecular flexibility index (Phi) is 3.35. The van der Waals surface area contributed by atoms with Gasteiger partial charge in [-0.3, -0.25) is 9.69 Å². The number of ether oxygens (including phenoxy) is 1. The lowest BCUT2D eigenvalue weighted by Crippen LogP contribution is -2.50. The van der Waals surface area contributed by atoms with Gasteiger partial charge >= 0.3 is 0 Å². The Labute approximate surface area is 152 Å². The molecule has 0 bridgehead atoms. The Bertz CT molecular complexity index is 899. The minimum atomic E-state index is 0.0310. The van der Waals surface area contributed by atoms with Crippen molar-refractivity contribution in [1.29, 1.82) is 0 Å². The minimum Gasteiger partial charge on any atom is -0.497 e. The van der Waals surface area contributed by atoms with Gasteiger partial charge in [0.1, 0.15) is 5.75 Å². The summed E-state index contributed by atoms with van der Waals surface area (Å²) in [4.78, 5) is 21.7. The summed E-state index contributed by atoms with van der Waals surface area (Å²) in [5, 5.41) is 0. The standard InChI is InChI=1S/C20H22N4O2/c1-22-19(25)15-11-23(10-13-6-8-14(26-2)9-7-13)12-18(15)24-17-5-3-4-16(17)21-20(22)24/h6-9,11-12,16-17H,3-5,10H2,1-2H3. The summed E-state index contributed by atoms with van der Waals surface area (Å²) in [5.41, 5.74) is 2.95. The zero-order valence-corrected chi connectivity index (χ0v) is 15.1. The smallest absolute Gasteiger partial charge is 0.263 e. The number of fused-ring (bicyclic) bond motifs is 5. The Hall–Kier alpha value is -2.76. The molecule has 2 atom stereocenters. The van der Waals surface area contributed by atoms with E-state index in [-0.39, 0.29) is 5.91 Å². The number of anilines is 1. The lowest BCUT2D eigenvalue weighted by molar-refractivity contribution is 0.0865. The van der Waals surface area contributed by atoms with Gasteiger partial charge in [0.25, 0.3) is 5.91 Å². The maximum Gasteiger partial charge on any atom is 0.263 e. The van der Waals surface area contributed by atoms with Gasteiger partial charge in [0.2, 0.25) is 5.96 Å². The topological polar surface area (TPSA) is 50.1 Å². The normalized spacial score (nSPS) is 23.6. The lowest BCUT2D eigenvalue weighted by atomic mass is 10.1. The molecule has 2 aromatic rings. The Balaban J connectivity index is 1.50. The number of benzene rings is 1. The monoisotopic (exact) mass is 350 g/mol. The highest BCUT2D eigenvalue weighted by Crippen LogP contribution is 2.41. The molecule has 1 saturated carbocycles. The maximum atomic E-state index is 12.8. The van der Waals surface area contributed by atoms with Crippen molar-refractivity contribution in [3.05, 3.63) is 47.8 Å². The maximum absolute atomic E-state index is 12.8. The van der Waals surface area contributed by atoms with Crippen molar-refractivity contribution in [1.82, 2.24) is 9.47 Å². The van der Waals surface area contributed by atoms with Crippen LogP contribution in [0.4, 0.5) is 5.69 Å². The Morgan fingerprint density at radius 3 is 2.77 bits per heavy atom. The fourth-order valence-corrected chi connectivity index (χ4v) is 4.42. The van der Waals surface area contributed by atoms with Crippen LogP contribution in [0.5, 0.6) is 5.75 Å². The Morgan fingerprint density at radius 2 is 2.00 bits per heavy atom. The predicted octanol–water partition coefficient (Wildman–Crippen LogP) is 2.73. The molecular formula is C20H22N4O2. The van der Waals surface area contributed by atoms with Gasteiger partial charge in [-0.15, -0.1) is 0 Å². The number of methoxy groups -OCH3 is 1. The van der Waals surface area contributed by atoms with Crippen LogP contribution in [0.25, 0.3) is 0 Å². The average Bonchev–Trinajstić information content (AvgIpc) is 3.34. The summed E-state index contributed by atoms with van der Waals surface area (Å²) in [7, 11) is 3.50. The molecule has 0 N–H and O–H groups in total. The number of guanidine groups is 1. The van der Waals surface area contributed by atoms with E-state index in [0.29, 0.717) is 12.1 Å². The van der Waals surface area contributed by atoms with E-state index in [4.69, 9.17) is 9.73 Å². The molecular weight excluding hydrogens is 328 g/mol. The van der Waals surface area contributed by atoms with Crippen molar-refractivity contribution in [3.63, 3.8) is 0 Å². The summed E-state index contributed by atoms with van der Waals surface area (Å²) in [5.74, 6) is 1.70. The number of nitrogens with zero attached hydrogens (tertiary/aromatic N) is 4. The zero-order valence-electron chi connectivity index (χ0n) is 15.1. The minimum absolute atomic E-state index is 0.0310. The first-order valence-corrected chi connectivity index (χ1v) is 9.13. The Morgan fingerprint density at radius 1 is 1.19 bits per heavy atom. The number of amides is 1. The van der Waals surface area contributed by atoms with E-state index in [1.165, 1.54) is 12.0 Å². The van der Waals surface area contributed by atoms with Gasteiger partial charge in [0.15, 0.2) is 0 Å². The van der Waals surface area contributed by atoms with E-state index in [9.17, 15) is 4.79 Å². The number of rotatable bonds is 3. The molecule has 6 nitrogen and oxygen atoms in total. The van der Waals surface area contributed by atoms with Crippen LogP contribution >= 0.6 is 0 Å². The SMILES string of the molecule is COc1ccc(Cn2cc3c(c2)N2C(=NC4CCCC42)N(C)C3=O)cc1. The van der Waals surface area contributed by atoms with Gasteiger partial charge in [-0.05, 0) is 37.0 Å². The highest BCUT2D eigenvalue weighted by molar-refractivity contribution is 6.19. The fourth-order valence-electron chi connectivity index (χ4n) is 4.42. The predicted molar refractivity (Wildman–Crippen MR) is 100.0 cm³/mol. The van der Waals surface area contributed by atoms with Crippen molar-refractivity contribution < 1.29 is 9.53 Å². The fraction of sp³-hybridized carbons (Fsp3) is 0.400. The highest BCUT2D eigenvalue weighted by Gasteiger charge is 2.47. The van der Waals surface area contributed by atoms with Gasteiger partial charge in [-0.25, -0.2) is 4.99 Å². The van der Waals surface area contributed by atoms with E-state index in [2.05, 4.69) is 27.8 Å². The third kappa shape index (κ3) is 2.18. The number of carbonyl (C=O) groups is 1. The quantitative estimate of drug-likeness (QED) is 0.855. The number of aromatic nitrogens is 1. The van der Waals surface area contributed by atoms with Crippen molar-refractivity contribution in [3.8, 4) is 5.75 Å². The van der Waals surface area contributed by atoms with Crippen molar-refractivity contribution in [2.24, 2.45) is 4.99 Å². The zero-order chi connectivity index (χ0) is 17.8. The summed E-state index contributed by atoms with van der Waals surface area (Å²) in [6.07, 6.45) is 7.54. The molecule has 0 saturated heterocycles. The van der Waals surface area contributed by atoms with Crippen molar-refractivity contribution >= 4 is 17.6 Å². The molecule has 3 heterocycles. The summed E-state index contributed by atoms with van der Waals surface area (Å²) < 4.78 is 7.32. The second-order valence-electron chi connectivity index (χ2n) is 7.31. The third-order valence-electron chi connectivity index (χ3n) is 5.75. The second kappa shape index (κ2) is 5.62. The largest absolute Gasteiger partial charge is 0.497 e. The van der Waals surface area contributed by atoms with E-state index >= 15 is 0 Å². The lowest BCUT2D eigenvalue weighted by Gasteiger charge is -2.35. The van der Waals surface area contributed by atoms with Crippen LogP contribution in [-0.2, 0) is 6.54 Å². The molecule has 26 heavy (non-hydrogen) atoms. The van der Waals surface area contributed by atoms with Crippen LogP contribution in [0.2, 0.25) is 0 Å². The van der Waals surface area contributed by atoms with Crippen LogP contribution < -0.4 is 9.64 Å². The summed E-state index contributed by atoms with van der Waals surface area (Å²) in [6.45, 7) is 0.725. The molecule has 1 aromatic carbocycles.